The van der Waals surface area contributed by atoms with E-state index < -0.39 is 0 Å². The highest BCUT2D eigenvalue weighted by Crippen LogP contribution is 2.36. The number of aromatic nitrogens is 2. The van der Waals surface area contributed by atoms with Crippen molar-refractivity contribution in [3.8, 4) is 10.4 Å². The van der Waals surface area contributed by atoms with Crippen molar-refractivity contribution in [1.82, 2.24) is 19.8 Å². The van der Waals surface area contributed by atoms with Crippen molar-refractivity contribution in [3.05, 3.63) is 63.6 Å². The van der Waals surface area contributed by atoms with Gasteiger partial charge in [0.05, 0.1) is 16.3 Å². The Labute approximate surface area is 202 Å². The van der Waals surface area contributed by atoms with Gasteiger partial charge in [-0.05, 0) is 57.3 Å². The molecule has 0 aliphatic rings. The number of nitrogens with zero attached hydrogens (tertiary/aromatic N) is 4. The van der Waals surface area contributed by atoms with E-state index in [0.29, 0.717) is 10.7 Å². The smallest absolute Gasteiger partial charge is 0.263 e. The molecule has 4 rings (SSSR count). The maximum atomic E-state index is 12.5. The maximum absolute atomic E-state index is 12.5. The third-order valence-electron chi connectivity index (χ3n) is 5.30. The molecule has 1 unspecified atom stereocenters. The highest BCUT2D eigenvalue weighted by atomic mass is 32.1. The molecule has 4 aromatic rings. The molecule has 3 heterocycles. The van der Waals surface area contributed by atoms with Gasteiger partial charge >= 0.3 is 0 Å². The molecule has 33 heavy (non-hydrogen) atoms. The maximum Gasteiger partial charge on any atom is 0.263 e. The van der Waals surface area contributed by atoms with E-state index in [1.54, 1.807) is 30.3 Å². The second kappa shape index (κ2) is 9.59. The summed E-state index contributed by atoms with van der Waals surface area (Å²) in [6, 6.07) is 14.9. The number of hydrogen-bond donors (Lipinski definition) is 1. The van der Waals surface area contributed by atoms with Crippen LogP contribution in [-0.4, -0.2) is 53.9 Å². The van der Waals surface area contributed by atoms with Crippen LogP contribution in [0.15, 0.2) is 42.5 Å². The Hall–Kier alpha value is -2.81. The number of benzene rings is 1. The predicted molar refractivity (Wildman–Crippen MR) is 139 cm³/mol. The summed E-state index contributed by atoms with van der Waals surface area (Å²) >= 11 is 3.20. The van der Waals surface area contributed by atoms with E-state index in [-0.39, 0.29) is 11.9 Å². The third-order valence-corrected chi connectivity index (χ3v) is 7.62. The molecule has 172 valence electrons. The number of hydrogen-bond acceptors (Lipinski definition) is 7. The Kier molecular flexibility index (Phi) is 6.78. The van der Waals surface area contributed by atoms with Gasteiger partial charge in [0.15, 0.2) is 0 Å². The lowest BCUT2D eigenvalue weighted by molar-refractivity contribution is 0.0832. The minimum Gasteiger partial charge on any atom is -0.362 e. The van der Waals surface area contributed by atoms with Gasteiger partial charge in [-0.2, -0.15) is 0 Å². The monoisotopic (exact) mass is 479 g/mol. The van der Waals surface area contributed by atoms with Gasteiger partial charge < -0.3 is 15.1 Å². The number of nitrogens with one attached hydrogen (secondary N) is 1. The highest BCUT2D eigenvalue weighted by molar-refractivity contribution is 7.20. The minimum atomic E-state index is -0.0195. The van der Waals surface area contributed by atoms with E-state index >= 15 is 0 Å². The Morgan fingerprint density at radius 3 is 2.55 bits per heavy atom. The van der Waals surface area contributed by atoms with Crippen molar-refractivity contribution in [1.29, 1.82) is 0 Å². The fraction of sp³-hybridized carbons (Fsp3) is 0.320. The first-order valence-corrected chi connectivity index (χ1v) is 12.5. The largest absolute Gasteiger partial charge is 0.362 e. The van der Waals surface area contributed by atoms with Crippen molar-refractivity contribution in [2.45, 2.75) is 26.4 Å². The van der Waals surface area contributed by atoms with Gasteiger partial charge in [0.2, 0.25) is 0 Å². The number of aryl methyl sites for hydroxylation is 1. The highest BCUT2D eigenvalue weighted by Gasteiger charge is 2.19. The van der Waals surface area contributed by atoms with Crippen molar-refractivity contribution in [2.24, 2.45) is 0 Å². The van der Waals surface area contributed by atoms with E-state index in [0.717, 1.165) is 22.6 Å². The van der Waals surface area contributed by atoms with Crippen LogP contribution in [-0.2, 0) is 6.54 Å². The van der Waals surface area contributed by atoms with Crippen LogP contribution in [0, 0.1) is 6.92 Å². The molecule has 1 N–H and O–H groups in total. The van der Waals surface area contributed by atoms with Crippen LogP contribution in [0.3, 0.4) is 0 Å². The Balaban J connectivity index is 1.62. The van der Waals surface area contributed by atoms with Crippen LogP contribution in [0.5, 0.6) is 0 Å². The van der Waals surface area contributed by atoms with E-state index in [2.05, 4.69) is 77.6 Å². The standard InChI is InChI=1S/C25H29N5OS2/c1-15(20-11-12-21(32-20)18-10-8-7-9-17(18)14-29(3)4)26-23-19-13-22(25(31)30(5)6)33-24(19)28-16(2)27-23/h7-13,15H,14H2,1-6H3,(H,26,27,28). The molecule has 0 saturated heterocycles. The minimum absolute atomic E-state index is 0.0195. The predicted octanol–water partition coefficient (Wildman–Crippen LogP) is 5.66. The van der Waals surface area contributed by atoms with Gasteiger partial charge in [-0.3, -0.25) is 4.79 Å². The average Bonchev–Trinajstić information content (AvgIpc) is 3.40. The van der Waals surface area contributed by atoms with Gasteiger partial charge in [0.1, 0.15) is 16.5 Å². The molecule has 3 aromatic heterocycles. The summed E-state index contributed by atoms with van der Waals surface area (Å²) in [6.45, 7) is 4.93. The molecule has 6 nitrogen and oxygen atoms in total. The molecular formula is C25H29N5OS2. The first-order valence-electron chi connectivity index (χ1n) is 10.8. The van der Waals surface area contributed by atoms with E-state index in [9.17, 15) is 4.79 Å². The fourth-order valence-corrected chi connectivity index (χ4v) is 5.88. The summed E-state index contributed by atoms with van der Waals surface area (Å²) in [5.74, 6) is 1.43. The van der Waals surface area contributed by atoms with E-state index in [1.165, 1.54) is 32.2 Å². The number of anilines is 1. The van der Waals surface area contributed by atoms with Gasteiger partial charge in [-0.25, -0.2) is 9.97 Å². The quantitative estimate of drug-likeness (QED) is 0.370. The average molecular weight is 480 g/mol. The molecule has 0 fully saturated rings. The molecule has 1 atom stereocenters. The zero-order chi connectivity index (χ0) is 23.7. The van der Waals surface area contributed by atoms with Gasteiger partial charge in [0.25, 0.3) is 5.91 Å². The molecule has 0 bridgehead atoms. The van der Waals surface area contributed by atoms with Crippen LogP contribution >= 0.6 is 22.7 Å². The molecule has 0 aliphatic heterocycles. The molecule has 0 radical (unpaired) electrons. The first-order chi connectivity index (χ1) is 15.7. The summed E-state index contributed by atoms with van der Waals surface area (Å²) in [5, 5.41) is 4.45. The summed E-state index contributed by atoms with van der Waals surface area (Å²) in [4.78, 5) is 29.4. The number of amides is 1. The van der Waals surface area contributed by atoms with Gasteiger partial charge in [-0.1, -0.05) is 24.3 Å². The lowest BCUT2D eigenvalue weighted by atomic mass is 10.1. The lowest BCUT2D eigenvalue weighted by Crippen LogP contribution is -2.20. The third kappa shape index (κ3) is 5.08. The van der Waals surface area contributed by atoms with Crippen molar-refractivity contribution >= 4 is 44.6 Å². The Morgan fingerprint density at radius 2 is 1.82 bits per heavy atom. The fourth-order valence-electron chi connectivity index (χ4n) is 3.71. The van der Waals surface area contributed by atoms with Crippen LogP contribution in [0.1, 0.15) is 38.9 Å². The molecule has 0 saturated carbocycles. The van der Waals surface area contributed by atoms with Crippen LogP contribution in [0.2, 0.25) is 0 Å². The summed E-state index contributed by atoms with van der Waals surface area (Å²) < 4.78 is 0. The van der Waals surface area contributed by atoms with Crippen LogP contribution in [0.4, 0.5) is 5.82 Å². The van der Waals surface area contributed by atoms with Gasteiger partial charge in [-0.15, -0.1) is 22.7 Å². The Bertz CT molecular complexity index is 1290. The molecular weight excluding hydrogens is 450 g/mol. The number of rotatable bonds is 7. The van der Waals surface area contributed by atoms with Crippen molar-refractivity contribution in [3.63, 3.8) is 0 Å². The van der Waals surface area contributed by atoms with E-state index in [1.807, 2.05) is 13.0 Å². The number of thiophene rings is 2. The van der Waals surface area contributed by atoms with Crippen molar-refractivity contribution < 1.29 is 4.79 Å². The van der Waals surface area contributed by atoms with Crippen molar-refractivity contribution in [2.75, 3.05) is 33.5 Å². The van der Waals surface area contributed by atoms with Crippen LogP contribution < -0.4 is 5.32 Å². The summed E-state index contributed by atoms with van der Waals surface area (Å²) in [6.07, 6.45) is 0. The first kappa shape index (κ1) is 23.4. The molecule has 0 aliphatic carbocycles. The second-order valence-corrected chi connectivity index (χ2v) is 10.8. The van der Waals surface area contributed by atoms with Gasteiger partial charge in [0, 0.05) is 30.4 Å². The SMILES string of the molecule is Cc1nc(NC(C)c2ccc(-c3ccccc3CN(C)C)s2)c2cc(C(=O)N(C)C)sc2n1. The second-order valence-electron chi connectivity index (χ2n) is 8.61. The lowest BCUT2D eigenvalue weighted by Gasteiger charge is -2.15. The number of carbonyl (C=O) groups excluding carboxylic acids is 1. The normalized spacial score (nSPS) is 12.3. The molecule has 1 aromatic carbocycles. The van der Waals surface area contributed by atoms with Crippen LogP contribution in [0.25, 0.3) is 20.7 Å². The summed E-state index contributed by atoms with van der Waals surface area (Å²) in [7, 11) is 7.70. The Morgan fingerprint density at radius 1 is 1.06 bits per heavy atom. The topological polar surface area (TPSA) is 61.4 Å². The number of fused-ring (bicyclic) bond motifs is 1. The zero-order valence-electron chi connectivity index (χ0n) is 19.8. The zero-order valence-corrected chi connectivity index (χ0v) is 21.5. The summed E-state index contributed by atoms with van der Waals surface area (Å²) in [5.41, 5.74) is 2.60. The molecule has 0 spiro atoms. The molecule has 1 amide bonds. The number of carbonyl (C=O) groups is 1. The molecule has 8 heteroatoms. The van der Waals surface area contributed by atoms with E-state index in [4.69, 9.17) is 0 Å².